The minimum Gasteiger partial charge on any atom is -0.478 e. The Labute approximate surface area is 100 Å². The number of aromatic carboxylic acids is 1. The molecule has 0 heterocycles. The molecule has 0 radical (unpaired) electrons. The molecule has 0 atom stereocenters. The van der Waals surface area contributed by atoms with E-state index in [4.69, 9.17) is 5.11 Å². The van der Waals surface area contributed by atoms with Crippen LogP contribution in [0, 0.1) is 0 Å². The van der Waals surface area contributed by atoms with Gasteiger partial charge in [-0.05, 0) is 31.2 Å². The van der Waals surface area contributed by atoms with Crippen LogP contribution >= 0.6 is 0 Å². The van der Waals surface area contributed by atoms with Crippen molar-refractivity contribution in [1.29, 1.82) is 0 Å². The molecule has 0 unspecified atom stereocenters. The molecule has 0 bridgehead atoms. The van der Waals surface area contributed by atoms with Crippen LogP contribution in [0.4, 0.5) is 10.5 Å². The van der Waals surface area contributed by atoms with Gasteiger partial charge in [0.15, 0.2) is 0 Å². The smallest absolute Gasteiger partial charge is 0.335 e. The van der Waals surface area contributed by atoms with Gasteiger partial charge in [-0.25, -0.2) is 9.59 Å². The second kappa shape index (κ2) is 5.34. The van der Waals surface area contributed by atoms with E-state index in [2.05, 4.69) is 0 Å². The minimum absolute atomic E-state index is 0.129. The molecule has 0 aromatic heterocycles. The molecule has 0 aliphatic rings. The second-order valence-corrected chi connectivity index (χ2v) is 3.71. The van der Waals surface area contributed by atoms with Crippen LogP contribution in [0.3, 0.4) is 0 Å². The van der Waals surface area contributed by atoms with E-state index in [-0.39, 0.29) is 11.6 Å². The highest BCUT2D eigenvalue weighted by Crippen LogP contribution is 2.15. The zero-order valence-corrected chi connectivity index (χ0v) is 10.2. The highest BCUT2D eigenvalue weighted by Gasteiger charge is 2.14. The Bertz CT molecular complexity index is 414. The number of carboxylic acid groups (broad SMARTS) is 1. The van der Waals surface area contributed by atoms with Crippen molar-refractivity contribution in [3.63, 3.8) is 0 Å². The number of rotatable bonds is 3. The lowest BCUT2D eigenvalue weighted by Gasteiger charge is -2.23. The fourth-order valence-corrected chi connectivity index (χ4v) is 1.33. The first-order chi connectivity index (χ1) is 7.97. The summed E-state index contributed by atoms with van der Waals surface area (Å²) in [5.74, 6) is -0.976. The number of carbonyl (C=O) groups is 2. The summed E-state index contributed by atoms with van der Waals surface area (Å²) in [6.45, 7) is 2.51. The Morgan fingerprint density at radius 3 is 2.12 bits per heavy atom. The Hall–Kier alpha value is -2.04. The fraction of sp³-hybridized carbons (Fsp3) is 0.333. The van der Waals surface area contributed by atoms with E-state index < -0.39 is 5.97 Å². The number of carbonyl (C=O) groups excluding carboxylic acids is 1. The molecule has 0 aliphatic carbocycles. The van der Waals surface area contributed by atoms with Gasteiger partial charge in [0.1, 0.15) is 0 Å². The van der Waals surface area contributed by atoms with E-state index in [0.29, 0.717) is 12.2 Å². The zero-order chi connectivity index (χ0) is 13.0. The molecule has 0 saturated carbocycles. The quantitative estimate of drug-likeness (QED) is 0.871. The Morgan fingerprint density at radius 2 is 1.71 bits per heavy atom. The maximum atomic E-state index is 11.8. The third kappa shape index (κ3) is 2.96. The second-order valence-electron chi connectivity index (χ2n) is 3.71. The van der Waals surface area contributed by atoms with Crippen molar-refractivity contribution >= 4 is 17.7 Å². The summed E-state index contributed by atoms with van der Waals surface area (Å²) in [6, 6.07) is 6.06. The molecule has 1 aromatic carbocycles. The highest BCUT2D eigenvalue weighted by atomic mass is 16.4. The molecule has 0 saturated heterocycles. The first kappa shape index (κ1) is 13.0. The molecule has 17 heavy (non-hydrogen) atoms. The first-order valence-electron chi connectivity index (χ1n) is 5.29. The number of anilines is 1. The van der Waals surface area contributed by atoms with Gasteiger partial charge in [0, 0.05) is 26.3 Å². The maximum Gasteiger partial charge on any atom is 0.335 e. The van der Waals surface area contributed by atoms with Crippen LogP contribution in [0.1, 0.15) is 17.3 Å². The van der Waals surface area contributed by atoms with Crippen LogP contribution in [0.5, 0.6) is 0 Å². The van der Waals surface area contributed by atoms with Crippen LogP contribution in [0.2, 0.25) is 0 Å². The van der Waals surface area contributed by atoms with Gasteiger partial charge < -0.3 is 10.0 Å². The van der Waals surface area contributed by atoms with E-state index in [1.54, 1.807) is 31.1 Å². The third-order valence-electron chi connectivity index (χ3n) is 2.59. The number of urea groups is 1. The van der Waals surface area contributed by atoms with Gasteiger partial charge in [0.25, 0.3) is 0 Å². The van der Waals surface area contributed by atoms with Gasteiger partial charge >= 0.3 is 12.0 Å². The zero-order valence-electron chi connectivity index (χ0n) is 10.2. The van der Waals surface area contributed by atoms with Gasteiger partial charge in [-0.15, -0.1) is 0 Å². The van der Waals surface area contributed by atoms with Crippen LogP contribution in [-0.4, -0.2) is 42.6 Å². The number of nitrogens with zero attached hydrogens (tertiary/aromatic N) is 2. The number of carboxylic acids is 1. The van der Waals surface area contributed by atoms with E-state index in [1.165, 1.54) is 17.0 Å². The van der Waals surface area contributed by atoms with Crippen molar-refractivity contribution < 1.29 is 14.7 Å². The summed E-state index contributed by atoms with van der Waals surface area (Å²) in [4.78, 5) is 25.6. The Balaban J connectivity index is 2.86. The summed E-state index contributed by atoms with van der Waals surface area (Å²) < 4.78 is 0. The summed E-state index contributed by atoms with van der Waals surface area (Å²) in [7, 11) is 3.37. The normalized spacial score (nSPS) is 9.82. The van der Waals surface area contributed by atoms with Crippen molar-refractivity contribution in [1.82, 2.24) is 4.90 Å². The standard InChI is InChI=1S/C12H16N2O3/c1-4-13(2)12(17)14(3)10-7-5-9(6-8-10)11(15)16/h5-8H,4H2,1-3H3,(H,15,16). The molecule has 5 heteroatoms. The molecule has 0 aliphatic heterocycles. The summed E-state index contributed by atoms with van der Waals surface area (Å²) in [5.41, 5.74) is 0.874. The molecule has 5 nitrogen and oxygen atoms in total. The van der Waals surface area contributed by atoms with Crippen molar-refractivity contribution in [3.05, 3.63) is 29.8 Å². The molecule has 92 valence electrons. The number of hydrogen-bond donors (Lipinski definition) is 1. The fourth-order valence-electron chi connectivity index (χ4n) is 1.33. The van der Waals surface area contributed by atoms with Crippen molar-refractivity contribution in [2.24, 2.45) is 0 Å². The molecular weight excluding hydrogens is 220 g/mol. The third-order valence-corrected chi connectivity index (χ3v) is 2.59. The lowest BCUT2D eigenvalue weighted by molar-refractivity contribution is 0.0697. The number of amides is 2. The van der Waals surface area contributed by atoms with Gasteiger partial charge in [-0.1, -0.05) is 0 Å². The summed E-state index contributed by atoms with van der Waals surface area (Å²) in [6.07, 6.45) is 0. The van der Waals surface area contributed by atoms with E-state index in [9.17, 15) is 9.59 Å². The predicted octanol–water partition coefficient (Wildman–Crippen LogP) is 1.89. The van der Waals surface area contributed by atoms with Gasteiger partial charge in [0.2, 0.25) is 0 Å². The Kier molecular flexibility index (Phi) is 4.09. The van der Waals surface area contributed by atoms with Crippen LogP contribution < -0.4 is 4.90 Å². The first-order valence-corrected chi connectivity index (χ1v) is 5.29. The maximum absolute atomic E-state index is 11.8. The molecule has 1 aromatic rings. The average molecular weight is 236 g/mol. The number of benzene rings is 1. The molecule has 2 amide bonds. The molecule has 0 fully saturated rings. The molecule has 1 rings (SSSR count). The molecule has 1 N–H and O–H groups in total. The monoisotopic (exact) mass is 236 g/mol. The summed E-state index contributed by atoms with van der Waals surface area (Å²) >= 11 is 0. The van der Waals surface area contributed by atoms with Gasteiger partial charge in [-0.3, -0.25) is 4.90 Å². The SMILES string of the molecule is CCN(C)C(=O)N(C)c1ccc(C(=O)O)cc1. The number of hydrogen-bond acceptors (Lipinski definition) is 2. The average Bonchev–Trinajstić information content (AvgIpc) is 2.36. The van der Waals surface area contributed by atoms with Crippen molar-refractivity contribution in [3.8, 4) is 0 Å². The van der Waals surface area contributed by atoms with Gasteiger partial charge in [0.05, 0.1) is 5.56 Å². The van der Waals surface area contributed by atoms with E-state index in [0.717, 1.165) is 0 Å². The van der Waals surface area contributed by atoms with Gasteiger partial charge in [-0.2, -0.15) is 0 Å². The van der Waals surface area contributed by atoms with Crippen molar-refractivity contribution in [2.45, 2.75) is 6.92 Å². The molecule has 0 spiro atoms. The molecular formula is C12H16N2O3. The highest BCUT2D eigenvalue weighted by molar-refractivity contribution is 5.92. The van der Waals surface area contributed by atoms with E-state index in [1.807, 2.05) is 6.92 Å². The van der Waals surface area contributed by atoms with E-state index >= 15 is 0 Å². The summed E-state index contributed by atoms with van der Waals surface area (Å²) in [5, 5.41) is 8.76. The van der Waals surface area contributed by atoms with Crippen LogP contribution in [0.15, 0.2) is 24.3 Å². The van der Waals surface area contributed by atoms with Crippen LogP contribution in [-0.2, 0) is 0 Å². The largest absolute Gasteiger partial charge is 0.478 e. The topological polar surface area (TPSA) is 60.9 Å². The lowest BCUT2D eigenvalue weighted by Crippen LogP contribution is -2.38. The predicted molar refractivity (Wildman–Crippen MR) is 65.5 cm³/mol. The van der Waals surface area contributed by atoms with Crippen molar-refractivity contribution in [2.75, 3.05) is 25.5 Å². The minimum atomic E-state index is -0.976. The lowest BCUT2D eigenvalue weighted by atomic mass is 10.2. The van der Waals surface area contributed by atoms with Crippen LogP contribution in [0.25, 0.3) is 0 Å². The Morgan fingerprint density at radius 1 is 1.18 bits per heavy atom.